The van der Waals surface area contributed by atoms with Crippen LogP contribution in [-0.2, 0) is 19.1 Å². The van der Waals surface area contributed by atoms with Crippen LogP contribution in [-0.4, -0.2) is 48.9 Å². The Labute approximate surface area is 131 Å². The molecule has 0 bridgehead atoms. The number of amides is 1. The number of ether oxygens (including phenoxy) is 2. The second-order valence-corrected chi connectivity index (χ2v) is 6.22. The van der Waals surface area contributed by atoms with Crippen LogP contribution in [0.3, 0.4) is 0 Å². The zero-order chi connectivity index (χ0) is 15.8. The van der Waals surface area contributed by atoms with Gasteiger partial charge in [-0.3, -0.25) is 9.59 Å². The van der Waals surface area contributed by atoms with Crippen molar-refractivity contribution in [3.05, 3.63) is 0 Å². The Morgan fingerprint density at radius 3 is 2.68 bits per heavy atom. The van der Waals surface area contributed by atoms with Crippen LogP contribution in [0.5, 0.6) is 0 Å². The van der Waals surface area contributed by atoms with Crippen molar-refractivity contribution < 1.29 is 24.2 Å². The van der Waals surface area contributed by atoms with Crippen molar-refractivity contribution in [1.29, 1.82) is 0 Å². The van der Waals surface area contributed by atoms with Crippen molar-refractivity contribution in [2.45, 2.75) is 63.5 Å². The molecule has 1 aliphatic carbocycles. The third-order valence-corrected chi connectivity index (χ3v) is 4.48. The van der Waals surface area contributed by atoms with Crippen molar-refractivity contribution in [3.8, 4) is 0 Å². The van der Waals surface area contributed by atoms with Crippen molar-refractivity contribution in [3.63, 3.8) is 0 Å². The monoisotopic (exact) mass is 313 g/mol. The highest BCUT2D eigenvalue weighted by Gasteiger charge is 2.30. The molecule has 6 heteroatoms. The molecule has 1 saturated carbocycles. The fourth-order valence-corrected chi connectivity index (χ4v) is 3.21. The lowest BCUT2D eigenvalue weighted by atomic mass is 9.95. The first-order valence-corrected chi connectivity index (χ1v) is 8.38. The van der Waals surface area contributed by atoms with Gasteiger partial charge < -0.3 is 19.9 Å². The molecular weight excluding hydrogens is 286 g/mol. The number of carbonyl (C=O) groups is 2. The van der Waals surface area contributed by atoms with Gasteiger partial charge in [0.15, 0.2) is 0 Å². The third kappa shape index (κ3) is 5.57. The summed E-state index contributed by atoms with van der Waals surface area (Å²) in [5.41, 5.74) is 0. The smallest absolute Gasteiger partial charge is 0.308 e. The largest absolute Gasteiger partial charge is 0.481 e. The maximum Gasteiger partial charge on any atom is 0.308 e. The standard InChI is InChI=1S/C16H27NO5/c18-15(8-10-21-11-12-5-4-9-22-12)17-14-7-3-1-2-6-13(14)16(19)20/h12-14H,1-11H2,(H,17,18)(H,19,20)/t12-,13-,14-/m0/s1. The van der Waals surface area contributed by atoms with Gasteiger partial charge in [-0.15, -0.1) is 0 Å². The number of carbonyl (C=O) groups excluding carboxylic acids is 1. The van der Waals surface area contributed by atoms with E-state index in [0.717, 1.165) is 45.1 Å². The fraction of sp³-hybridized carbons (Fsp3) is 0.875. The van der Waals surface area contributed by atoms with Crippen LogP contribution in [0, 0.1) is 5.92 Å². The van der Waals surface area contributed by atoms with Crippen LogP contribution >= 0.6 is 0 Å². The Hall–Kier alpha value is -1.14. The van der Waals surface area contributed by atoms with Crippen molar-refractivity contribution in [2.24, 2.45) is 5.92 Å². The van der Waals surface area contributed by atoms with E-state index in [0.29, 0.717) is 19.6 Å². The highest BCUT2D eigenvalue weighted by Crippen LogP contribution is 2.24. The van der Waals surface area contributed by atoms with E-state index in [1.165, 1.54) is 0 Å². The number of aliphatic carboxylic acids is 1. The first-order chi connectivity index (χ1) is 10.7. The van der Waals surface area contributed by atoms with Crippen molar-refractivity contribution in [1.82, 2.24) is 5.32 Å². The minimum Gasteiger partial charge on any atom is -0.481 e. The molecule has 2 fully saturated rings. The van der Waals surface area contributed by atoms with Gasteiger partial charge in [0, 0.05) is 19.1 Å². The summed E-state index contributed by atoms with van der Waals surface area (Å²) in [5, 5.41) is 12.2. The highest BCUT2D eigenvalue weighted by atomic mass is 16.5. The van der Waals surface area contributed by atoms with E-state index in [1.807, 2.05) is 0 Å². The average molecular weight is 313 g/mol. The minimum atomic E-state index is -0.804. The van der Waals surface area contributed by atoms with Gasteiger partial charge in [-0.2, -0.15) is 0 Å². The molecule has 3 atom stereocenters. The molecule has 2 aliphatic rings. The molecule has 1 amide bonds. The van der Waals surface area contributed by atoms with E-state index in [-0.39, 0.29) is 24.5 Å². The van der Waals surface area contributed by atoms with Gasteiger partial charge in [-0.1, -0.05) is 19.3 Å². The summed E-state index contributed by atoms with van der Waals surface area (Å²) in [7, 11) is 0. The van der Waals surface area contributed by atoms with Gasteiger partial charge in [-0.05, 0) is 25.7 Å². The van der Waals surface area contributed by atoms with E-state index in [1.54, 1.807) is 0 Å². The topological polar surface area (TPSA) is 84.9 Å². The van der Waals surface area contributed by atoms with Crippen LogP contribution in [0.4, 0.5) is 0 Å². The first kappa shape index (κ1) is 17.2. The molecule has 0 spiro atoms. The molecule has 1 saturated heterocycles. The number of rotatable bonds is 7. The van der Waals surface area contributed by atoms with Gasteiger partial charge in [0.1, 0.15) is 0 Å². The predicted molar refractivity (Wildman–Crippen MR) is 80.6 cm³/mol. The molecule has 2 N–H and O–H groups in total. The summed E-state index contributed by atoms with van der Waals surface area (Å²) in [6.45, 7) is 1.69. The number of hydrogen-bond donors (Lipinski definition) is 2. The molecule has 2 rings (SSSR count). The molecule has 0 aromatic carbocycles. The molecular formula is C16H27NO5. The van der Waals surface area contributed by atoms with Crippen molar-refractivity contribution >= 4 is 11.9 Å². The molecule has 1 heterocycles. The fourth-order valence-electron chi connectivity index (χ4n) is 3.21. The normalized spacial score (nSPS) is 29.0. The summed E-state index contributed by atoms with van der Waals surface area (Å²) in [6, 6.07) is -0.245. The van der Waals surface area contributed by atoms with Gasteiger partial charge in [0.2, 0.25) is 5.91 Å². The Bertz CT molecular complexity index is 368. The second kappa shape index (κ2) is 9.10. The summed E-state index contributed by atoms with van der Waals surface area (Å²) in [5.74, 6) is -1.38. The van der Waals surface area contributed by atoms with Crippen LogP contribution in [0.2, 0.25) is 0 Å². The van der Waals surface area contributed by atoms with Crippen molar-refractivity contribution in [2.75, 3.05) is 19.8 Å². The van der Waals surface area contributed by atoms with Crippen LogP contribution in [0.25, 0.3) is 0 Å². The molecule has 22 heavy (non-hydrogen) atoms. The summed E-state index contributed by atoms with van der Waals surface area (Å²) >= 11 is 0. The molecule has 6 nitrogen and oxygen atoms in total. The van der Waals surface area contributed by atoms with Crippen LogP contribution in [0.15, 0.2) is 0 Å². The number of nitrogens with one attached hydrogen (secondary N) is 1. The Morgan fingerprint density at radius 1 is 1.14 bits per heavy atom. The minimum absolute atomic E-state index is 0.120. The lowest BCUT2D eigenvalue weighted by Crippen LogP contribution is -2.43. The van der Waals surface area contributed by atoms with E-state index in [4.69, 9.17) is 9.47 Å². The second-order valence-electron chi connectivity index (χ2n) is 6.22. The molecule has 0 radical (unpaired) electrons. The first-order valence-electron chi connectivity index (χ1n) is 8.38. The molecule has 0 aromatic heterocycles. The van der Waals surface area contributed by atoms with Gasteiger partial charge >= 0.3 is 5.97 Å². The molecule has 0 aromatic rings. The van der Waals surface area contributed by atoms with Gasteiger partial charge in [0.05, 0.1) is 25.2 Å². The van der Waals surface area contributed by atoms with E-state index < -0.39 is 11.9 Å². The Balaban J connectivity index is 1.66. The SMILES string of the molecule is O=C(CCOC[C@@H]1CCCO1)N[C@H]1CCCCC[C@@H]1C(=O)O. The maximum atomic E-state index is 12.0. The average Bonchev–Trinajstić information content (AvgIpc) is 2.89. The van der Waals surface area contributed by atoms with E-state index in [9.17, 15) is 14.7 Å². The third-order valence-electron chi connectivity index (χ3n) is 4.48. The Morgan fingerprint density at radius 2 is 1.95 bits per heavy atom. The highest BCUT2D eigenvalue weighted by molar-refractivity contribution is 5.78. The predicted octanol–water partition coefficient (Wildman–Crippen LogP) is 1.72. The van der Waals surface area contributed by atoms with Crippen LogP contribution in [0.1, 0.15) is 51.4 Å². The Kier molecular flexibility index (Phi) is 7.12. The zero-order valence-electron chi connectivity index (χ0n) is 13.1. The summed E-state index contributed by atoms with van der Waals surface area (Å²) in [4.78, 5) is 23.3. The van der Waals surface area contributed by atoms with Crippen LogP contribution < -0.4 is 5.32 Å². The number of carboxylic acids is 1. The number of carboxylic acid groups (broad SMARTS) is 1. The zero-order valence-corrected chi connectivity index (χ0v) is 13.1. The molecule has 0 unspecified atom stereocenters. The number of hydrogen-bond acceptors (Lipinski definition) is 4. The molecule has 126 valence electrons. The quantitative estimate of drug-likeness (QED) is 0.552. The van der Waals surface area contributed by atoms with E-state index >= 15 is 0 Å². The summed E-state index contributed by atoms with van der Waals surface area (Å²) < 4.78 is 10.9. The summed E-state index contributed by atoms with van der Waals surface area (Å²) in [6.07, 6.45) is 6.88. The van der Waals surface area contributed by atoms with Gasteiger partial charge in [0.25, 0.3) is 0 Å². The molecule has 1 aliphatic heterocycles. The lowest BCUT2D eigenvalue weighted by Gasteiger charge is -2.23. The maximum absolute atomic E-state index is 12.0. The lowest BCUT2D eigenvalue weighted by molar-refractivity contribution is -0.143. The van der Waals surface area contributed by atoms with Gasteiger partial charge in [-0.25, -0.2) is 0 Å². The van der Waals surface area contributed by atoms with E-state index in [2.05, 4.69) is 5.32 Å².